The van der Waals surface area contributed by atoms with E-state index < -0.39 is 6.10 Å². The van der Waals surface area contributed by atoms with E-state index >= 15 is 0 Å². The van der Waals surface area contributed by atoms with Crippen molar-refractivity contribution in [2.75, 3.05) is 6.61 Å². The van der Waals surface area contributed by atoms with Crippen LogP contribution in [0.3, 0.4) is 0 Å². The van der Waals surface area contributed by atoms with Gasteiger partial charge >= 0.3 is 0 Å². The molecule has 1 N–H and O–H groups in total. The van der Waals surface area contributed by atoms with Crippen LogP contribution in [0, 0.1) is 0 Å². The maximum Gasteiger partial charge on any atom is 0.193 e. The predicted octanol–water partition coefficient (Wildman–Crippen LogP) is 2.93. The molecule has 0 amide bonds. The Labute approximate surface area is 94.0 Å². The van der Waals surface area contributed by atoms with Gasteiger partial charge in [-0.3, -0.25) is 0 Å². The first-order chi connectivity index (χ1) is 7.25. The number of hydrogen-bond donors (Lipinski definition) is 1. The third kappa shape index (κ3) is 2.97. The minimum Gasteiger partial charge on any atom is -0.447 e. The molecule has 2 rings (SSSR count). The lowest BCUT2D eigenvalue weighted by Gasteiger charge is -2.11. The highest BCUT2D eigenvalue weighted by atomic mass is 35.5. The summed E-state index contributed by atoms with van der Waals surface area (Å²) in [5.74, 6) is 0.540. The first-order valence-electron chi connectivity index (χ1n) is 5.30. The summed E-state index contributed by atoms with van der Waals surface area (Å²) in [4.78, 5) is 0. The van der Waals surface area contributed by atoms with E-state index in [4.69, 9.17) is 20.8 Å². The largest absolute Gasteiger partial charge is 0.447 e. The maximum atomic E-state index is 9.79. The van der Waals surface area contributed by atoms with Crippen molar-refractivity contribution in [2.24, 2.45) is 0 Å². The van der Waals surface area contributed by atoms with Crippen LogP contribution in [-0.2, 0) is 4.74 Å². The van der Waals surface area contributed by atoms with Gasteiger partial charge in [0, 0.05) is 6.61 Å². The van der Waals surface area contributed by atoms with Crippen molar-refractivity contribution in [2.45, 2.75) is 37.9 Å². The number of halogens is 1. The first-order valence-corrected chi connectivity index (χ1v) is 5.68. The SMILES string of the molecule is OC(CCC1CCCO1)c1ccc(Cl)o1. The molecule has 0 radical (unpaired) electrons. The molecule has 1 aliphatic rings. The third-order valence-electron chi connectivity index (χ3n) is 2.71. The van der Waals surface area contributed by atoms with Crippen LogP contribution in [0.5, 0.6) is 0 Å². The van der Waals surface area contributed by atoms with Crippen LogP contribution in [0.1, 0.15) is 37.5 Å². The van der Waals surface area contributed by atoms with Crippen LogP contribution >= 0.6 is 11.6 Å². The van der Waals surface area contributed by atoms with Crippen LogP contribution in [0.2, 0.25) is 5.22 Å². The van der Waals surface area contributed by atoms with Crippen molar-refractivity contribution >= 4 is 11.6 Å². The molecule has 1 saturated heterocycles. The summed E-state index contributed by atoms with van der Waals surface area (Å²) in [6, 6.07) is 3.36. The number of aliphatic hydroxyl groups excluding tert-OH is 1. The van der Waals surface area contributed by atoms with E-state index in [1.807, 2.05) is 0 Å². The molecule has 1 aromatic heterocycles. The molecule has 2 heterocycles. The summed E-state index contributed by atoms with van der Waals surface area (Å²) in [6.45, 7) is 0.855. The highest BCUT2D eigenvalue weighted by Gasteiger charge is 2.19. The topological polar surface area (TPSA) is 42.6 Å². The van der Waals surface area contributed by atoms with Crippen molar-refractivity contribution in [1.82, 2.24) is 0 Å². The molecule has 1 aliphatic heterocycles. The Balaban J connectivity index is 1.79. The normalized spacial score (nSPS) is 23.2. The van der Waals surface area contributed by atoms with E-state index in [0.29, 0.717) is 23.5 Å². The fourth-order valence-corrected chi connectivity index (χ4v) is 2.02. The molecule has 0 saturated carbocycles. The molecular weight excluding hydrogens is 216 g/mol. The molecule has 1 fully saturated rings. The molecule has 84 valence electrons. The summed E-state index contributed by atoms with van der Waals surface area (Å²) in [5.41, 5.74) is 0. The minimum absolute atomic E-state index is 0.310. The maximum absolute atomic E-state index is 9.79. The lowest BCUT2D eigenvalue weighted by atomic mass is 10.1. The minimum atomic E-state index is -0.568. The molecule has 0 spiro atoms. The van der Waals surface area contributed by atoms with Crippen LogP contribution in [0.25, 0.3) is 0 Å². The van der Waals surface area contributed by atoms with Gasteiger partial charge in [0.1, 0.15) is 11.9 Å². The smallest absolute Gasteiger partial charge is 0.193 e. The fourth-order valence-electron chi connectivity index (χ4n) is 1.87. The van der Waals surface area contributed by atoms with Gasteiger partial charge in [0.25, 0.3) is 0 Å². The highest BCUT2D eigenvalue weighted by molar-refractivity contribution is 6.28. The van der Waals surface area contributed by atoms with Crippen LogP contribution in [-0.4, -0.2) is 17.8 Å². The standard InChI is InChI=1S/C11H15ClO3/c12-11-6-5-10(15-11)9(13)4-3-8-2-1-7-14-8/h5-6,8-9,13H,1-4,7H2. The van der Waals surface area contributed by atoms with Gasteiger partial charge in [-0.05, 0) is 49.4 Å². The van der Waals surface area contributed by atoms with Crippen molar-refractivity contribution < 1.29 is 14.3 Å². The Kier molecular flexibility index (Phi) is 3.67. The fraction of sp³-hybridized carbons (Fsp3) is 0.636. The van der Waals surface area contributed by atoms with Gasteiger partial charge in [-0.15, -0.1) is 0 Å². The molecule has 2 atom stereocenters. The summed E-state index contributed by atoms with van der Waals surface area (Å²) in [7, 11) is 0. The molecule has 2 unspecified atom stereocenters. The van der Waals surface area contributed by atoms with E-state index in [1.165, 1.54) is 0 Å². The van der Waals surface area contributed by atoms with E-state index in [2.05, 4.69) is 0 Å². The summed E-state index contributed by atoms with van der Waals surface area (Å²) < 4.78 is 10.6. The summed E-state index contributed by atoms with van der Waals surface area (Å²) in [6.07, 6.45) is 3.51. The Bertz CT molecular complexity index is 305. The van der Waals surface area contributed by atoms with E-state index in [-0.39, 0.29) is 0 Å². The van der Waals surface area contributed by atoms with Gasteiger partial charge in [0.15, 0.2) is 5.22 Å². The van der Waals surface area contributed by atoms with Gasteiger partial charge in [0.2, 0.25) is 0 Å². The Hall–Kier alpha value is -0.510. The lowest BCUT2D eigenvalue weighted by molar-refractivity contribution is 0.0749. The molecule has 15 heavy (non-hydrogen) atoms. The van der Waals surface area contributed by atoms with E-state index in [0.717, 1.165) is 25.9 Å². The molecule has 3 nitrogen and oxygen atoms in total. The number of aliphatic hydroxyl groups is 1. The Morgan fingerprint density at radius 2 is 2.40 bits per heavy atom. The van der Waals surface area contributed by atoms with Gasteiger partial charge in [-0.2, -0.15) is 0 Å². The summed E-state index contributed by atoms with van der Waals surface area (Å²) in [5, 5.41) is 10.1. The van der Waals surface area contributed by atoms with Crippen LogP contribution in [0.4, 0.5) is 0 Å². The molecule has 0 bridgehead atoms. The molecule has 0 aliphatic carbocycles. The van der Waals surface area contributed by atoms with Gasteiger partial charge in [-0.25, -0.2) is 0 Å². The zero-order valence-corrected chi connectivity index (χ0v) is 9.24. The second-order valence-corrected chi connectivity index (χ2v) is 4.24. The van der Waals surface area contributed by atoms with Gasteiger partial charge < -0.3 is 14.3 Å². The second kappa shape index (κ2) is 5.01. The van der Waals surface area contributed by atoms with Crippen molar-refractivity contribution in [3.05, 3.63) is 23.1 Å². The van der Waals surface area contributed by atoms with Crippen LogP contribution in [0.15, 0.2) is 16.5 Å². The zero-order valence-electron chi connectivity index (χ0n) is 8.49. The van der Waals surface area contributed by atoms with Crippen LogP contribution < -0.4 is 0 Å². The number of rotatable bonds is 4. The molecule has 0 aromatic carbocycles. The zero-order chi connectivity index (χ0) is 10.7. The average Bonchev–Trinajstić information content (AvgIpc) is 2.84. The molecule has 1 aromatic rings. The van der Waals surface area contributed by atoms with Crippen molar-refractivity contribution in [3.63, 3.8) is 0 Å². The highest BCUT2D eigenvalue weighted by Crippen LogP contribution is 2.26. The average molecular weight is 231 g/mol. The van der Waals surface area contributed by atoms with Crippen molar-refractivity contribution in [3.8, 4) is 0 Å². The van der Waals surface area contributed by atoms with Gasteiger partial charge in [-0.1, -0.05) is 0 Å². The lowest BCUT2D eigenvalue weighted by Crippen LogP contribution is -2.07. The quantitative estimate of drug-likeness (QED) is 0.865. The number of furan rings is 1. The monoisotopic (exact) mass is 230 g/mol. The van der Waals surface area contributed by atoms with Gasteiger partial charge in [0.05, 0.1) is 6.10 Å². The first kappa shape index (κ1) is 11.0. The predicted molar refractivity (Wildman–Crippen MR) is 56.9 cm³/mol. The van der Waals surface area contributed by atoms with E-state index in [9.17, 15) is 5.11 Å². The molecule has 4 heteroatoms. The van der Waals surface area contributed by atoms with E-state index in [1.54, 1.807) is 12.1 Å². The number of ether oxygens (including phenoxy) is 1. The second-order valence-electron chi connectivity index (χ2n) is 3.87. The molecular formula is C11H15ClO3. The Morgan fingerprint density at radius 3 is 3.00 bits per heavy atom. The third-order valence-corrected chi connectivity index (χ3v) is 2.91. The summed E-state index contributed by atoms with van der Waals surface area (Å²) >= 11 is 5.63. The van der Waals surface area contributed by atoms with Crippen molar-refractivity contribution in [1.29, 1.82) is 0 Å². The Morgan fingerprint density at radius 1 is 1.53 bits per heavy atom. The number of hydrogen-bond acceptors (Lipinski definition) is 3.